The van der Waals surface area contributed by atoms with Crippen LogP contribution in [-0.4, -0.2) is 11.1 Å². The van der Waals surface area contributed by atoms with Gasteiger partial charge >= 0.3 is 5.97 Å². The van der Waals surface area contributed by atoms with Gasteiger partial charge in [-0.05, 0) is 40.2 Å². The lowest BCUT2D eigenvalue weighted by molar-refractivity contribution is -0.136. The van der Waals surface area contributed by atoms with E-state index in [2.05, 4.69) is 29.7 Å². The second kappa shape index (κ2) is 5.55. The molecule has 3 rings (SSSR count). The van der Waals surface area contributed by atoms with Crippen LogP contribution in [-0.2, 0) is 4.79 Å². The molecule has 1 aliphatic rings. The Morgan fingerprint density at radius 2 is 1.60 bits per heavy atom. The summed E-state index contributed by atoms with van der Waals surface area (Å²) in [5.74, 6) is -0.754. The van der Waals surface area contributed by atoms with Crippen LogP contribution in [0.2, 0.25) is 0 Å². The molecule has 0 aromatic heterocycles. The standard InChI is InChI=1S/C17H14O2S/c18-17(19)10-9-12-11-20-16-8-4-3-7-15(16)14-6-2-1-5-13(12)14/h1-8,11H,9-10H2,(H,18,19). The predicted octanol–water partition coefficient (Wildman–Crippen LogP) is 4.67. The van der Waals surface area contributed by atoms with Gasteiger partial charge in [-0.1, -0.05) is 54.2 Å². The summed E-state index contributed by atoms with van der Waals surface area (Å²) >= 11 is 1.67. The first kappa shape index (κ1) is 13.0. The van der Waals surface area contributed by atoms with Crippen molar-refractivity contribution >= 4 is 23.3 Å². The van der Waals surface area contributed by atoms with E-state index in [1.54, 1.807) is 11.8 Å². The molecule has 1 heterocycles. The number of hydrogen-bond acceptors (Lipinski definition) is 2. The summed E-state index contributed by atoms with van der Waals surface area (Å²) in [5.41, 5.74) is 4.65. The molecule has 0 spiro atoms. The van der Waals surface area contributed by atoms with E-state index in [9.17, 15) is 4.79 Å². The number of aliphatic carboxylic acids is 1. The molecule has 0 unspecified atom stereocenters. The molecule has 100 valence electrons. The van der Waals surface area contributed by atoms with Crippen molar-refractivity contribution in [1.29, 1.82) is 0 Å². The molecule has 3 heteroatoms. The van der Waals surface area contributed by atoms with Gasteiger partial charge in [0.2, 0.25) is 0 Å². The molecule has 0 bridgehead atoms. The van der Waals surface area contributed by atoms with E-state index in [4.69, 9.17) is 5.11 Å². The Bertz CT molecular complexity index is 689. The quantitative estimate of drug-likeness (QED) is 0.889. The largest absolute Gasteiger partial charge is 0.481 e. The van der Waals surface area contributed by atoms with Crippen molar-refractivity contribution in [2.24, 2.45) is 0 Å². The van der Waals surface area contributed by atoms with Crippen LogP contribution in [0.1, 0.15) is 18.4 Å². The molecule has 1 aliphatic heterocycles. The summed E-state index contributed by atoms with van der Waals surface area (Å²) in [4.78, 5) is 12.0. The molecule has 0 saturated carbocycles. The van der Waals surface area contributed by atoms with Crippen LogP contribution in [0.3, 0.4) is 0 Å². The minimum absolute atomic E-state index is 0.164. The minimum atomic E-state index is -0.754. The zero-order valence-corrected chi connectivity index (χ0v) is 11.7. The molecule has 0 saturated heterocycles. The van der Waals surface area contributed by atoms with Gasteiger partial charge in [0.1, 0.15) is 0 Å². The number of allylic oxidation sites excluding steroid dienone is 1. The molecule has 1 N–H and O–H groups in total. The highest BCUT2D eigenvalue weighted by molar-refractivity contribution is 8.02. The zero-order chi connectivity index (χ0) is 13.9. The lowest BCUT2D eigenvalue weighted by atomic mass is 9.93. The summed E-state index contributed by atoms with van der Waals surface area (Å²) in [7, 11) is 0. The van der Waals surface area contributed by atoms with Crippen LogP contribution in [0, 0.1) is 0 Å². The average molecular weight is 282 g/mol. The molecule has 0 aliphatic carbocycles. The van der Waals surface area contributed by atoms with Crippen molar-refractivity contribution in [3.05, 3.63) is 59.5 Å². The Labute approximate surface area is 122 Å². The van der Waals surface area contributed by atoms with Gasteiger partial charge in [-0.15, -0.1) is 0 Å². The number of fused-ring (bicyclic) bond motifs is 3. The first-order valence-electron chi connectivity index (χ1n) is 6.52. The first-order valence-corrected chi connectivity index (χ1v) is 7.40. The number of carboxylic acid groups (broad SMARTS) is 1. The molecular weight excluding hydrogens is 268 g/mol. The number of rotatable bonds is 3. The molecule has 2 nitrogen and oxygen atoms in total. The Balaban J connectivity index is 2.09. The van der Waals surface area contributed by atoms with E-state index < -0.39 is 5.97 Å². The Morgan fingerprint density at radius 1 is 0.950 bits per heavy atom. The van der Waals surface area contributed by atoms with Crippen molar-refractivity contribution < 1.29 is 9.90 Å². The Morgan fingerprint density at radius 3 is 2.35 bits per heavy atom. The Kier molecular flexibility index (Phi) is 3.61. The van der Waals surface area contributed by atoms with Gasteiger partial charge in [0.05, 0.1) is 0 Å². The van der Waals surface area contributed by atoms with Gasteiger partial charge in [0.15, 0.2) is 0 Å². The van der Waals surface area contributed by atoms with Crippen LogP contribution < -0.4 is 0 Å². The van der Waals surface area contributed by atoms with Gasteiger partial charge in [-0.2, -0.15) is 0 Å². The van der Waals surface area contributed by atoms with Crippen molar-refractivity contribution in [3.8, 4) is 11.1 Å². The van der Waals surface area contributed by atoms with Crippen molar-refractivity contribution in [1.82, 2.24) is 0 Å². The Hall–Kier alpha value is -2.00. The molecule has 0 atom stereocenters. The lowest BCUT2D eigenvalue weighted by Gasteiger charge is -2.11. The number of hydrogen-bond donors (Lipinski definition) is 1. The maximum Gasteiger partial charge on any atom is 0.303 e. The molecule has 2 aromatic rings. The van der Waals surface area contributed by atoms with E-state index in [1.165, 1.54) is 16.0 Å². The van der Waals surface area contributed by atoms with Crippen LogP contribution >= 0.6 is 11.8 Å². The molecule has 0 fully saturated rings. The van der Waals surface area contributed by atoms with Crippen molar-refractivity contribution in [3.63, 3.8) is 0 Å². The molecule has 0 radical (unpaired) electrons. The molecule has 0 amide bonds. The third-order valence-electron chi connectivity index (χ3n) is 3.39. The fraction of sp³-hybridized carbons (Fsp3) is 0.118. The zero-order valence-electron chi connectivity index (χ0n) is 10.9. The summed E-state index contributed by atoms with van der Waals surface area (Å²) in [5, 5.41) is 11.0. The van der Waals surface area contributed by atoms with E-state index >= 15 is 0 Å². The van der Waals surface area contributed by atoms with Crippen molar-refractivity contribution in [2.45, 2.75) is 17.7 Å². The van der Waals surface area contributed by atoms with Gasteiger partial charge in [-0.3, -0.25) is 4.79 Å². The van der Waals surface area contributed by atoms with E-state index in [0.717, 1.165) is 11.1 Å². The first-order chi connectivity index (χ1) is 9.75. The molecular formula is C17H14O2S. The van der Waals surface area contributed by atoms with Crippen LogP contribution in [0.4, 0.5) is 0 Å². The van der Waals surface area contributed by atoms with Gasteiger partial charge in [0.25, 0.3) is 0 Å². The topological polar surface area (TPSA) is 37.3 Å². The number of carbonyl (C=O) groups is 1. The third-order valence-corrected chi connectivity index (χ3v) is 4.40. The maximum atomic E-state index is 10.8. The highest BCUT2D eigenvalue weighted by Crippen LogP contribution is 2.42. The third kappa shape index (κ3) is 2.49. The molecule has 20 heavy (non-hydrogen) atoms. The molecule has 2 aromatic carbocycles. The van der Waals surface area contributed by atoms with Gasteiger partial charge in [-0.25, -0.2) is 0 Å². The summed E-state index contributed by atoms with van der Waals surface area (Å²) in [6.07, 6.45) is 0.727. The SMILES string of the molecule is O=C(O)CCC1=CSc2ccccc2-c2ccccc21. The highest BCUT2D eigenvalue weighted by atomic mass is 32.2. The lowest BCUT2D eigenvalue weighted by Crippen LogP contribution is -1.96. The van der Waals surface area contributed by atoms with Crippen LogP contribution in [0.25, 0.3) is 16.7 Å². The van der Waals surface area contributed by atoms with Gasteiger partial charge < -0.3 is 5.11 Å². The number of carboxylic acids is 1. The normalized spacial score (nSPS) is 12.9. The summed E-state index contributed by atoms with van der Waals surface area (Å²) in [6.45, 7) is 0. The second-order valence-corrected chi connectivity index (χ2v) is 5.61. The van der Waals surface area contributed by atoms with Crippen molar-refractivity contribution in [2.75, 3.05) is 0 Å². The maximum absolute atomic E-state index is 10.8. The fourth-order valence-electron chi connectivity index (χ4n) is 2.42. The smallest absolute Gasteiger partial charge is 0.303 e. The monoisotopic (exact) mass is 282 g/mol. The summed E-state index contributed by atoms with van der Waals surface area (Å²) in [6, 6.07) is 16.5. The summed E-state index contributed by atoms with van der Waals surface area (Å²) < 4.78 is 0. The average Bonchev–Trinajstić information content (AvgIpc) is 2.63. The number of benzene rings is 2. The van der Waals surface area contributed by atoms with Crippen LogP contribution in [0.5, 0.6) is 0 Å². The highest BCUT2D eigenvalue weighted by Gasteiger charge is 2.16. The number of thioether (sulfide) groups is 1. The second-order valence-electron chi connectivity index (χ2n) is 4.70. The minimum Gasteiger partial charge on any atom is -0.481 e. The van der Waals surface area contributed by atoms with E-state index in [1.807, 2.05) is 24.3 Å². The van der Waals surface area contributed by atoms with Gasteiger partial charge in [0, 0.05) is 11.3 Å². The van der Waals surface area contributed by atoms with E-state index in [-0.39, 0.29) is 6.42 Å². The van der Waals surface area contributed by atoms with E-state index in [0.29, 0.717) is 6.42 Å². The fourth-order valence-corrected chi connectivity index (χ4v) is 3.40. The van der Waals surface area contributed by atoms with Crippen LogP contribution in [0.15, 0.2) is 58.8 Å². The predicted molar refractivity (Wildman–Crippen MR) is 82.6 cm³/mol.